The Hall–Kier alpha value is -3.08. The van der Waals surface area contributed by atoms with Crippen LogP contribution in [0.3, 0.4) is 0 Å². The van der Waals surface area contributed by atoms with Gasteiger partial charge in [0, 0.05) is 12.6 Å². The molecule has 3 atom stereocenters. The minimum Gasteiger partial charge on any atom is -0.497 e. The molecule has 1 saturated heterocycles. The van der Waals surface area contributed by atoms with Crippen LogP contribution in [0, 0.1) is 5.92 Å². The largest absolute Gasteiger partial charge is 0.497 e. The van der Waals surface area contributed by atoms with Gasteiger partial charge in [-0.15, -0.1) is 0 Å². The van der Waals surface area contributed by atoms with Crippen molar-refractivity contribution < 1.29 is 19.1 Å². The average Bonchev–Trinajstić information content (AvgIpc) is 2.65. The van der Waals surface area contributed by atoms with Crippen LogP contribution in [-0.2, 0) is 14.3 Å². The summed E-state index contributed by atoms with van der Waals surface area (Å²) in [5.41, 5.74) is 1.83. The maximum Gasteiger partial charge on any atom is 0.302 e. The lowest BCUT2D eigenvalue weighted by Gasteiger charge is -2.47. The van der Waals surface area contributed by atoms with Crippen molar-refractivity contribution in [2.45, 2.75) is 26.0 Å². The molecule has 0 unspecified atom stereocenters. The van der Waals surface area contributed by atoms with Gasteiger partial charge in [-0.25, -0.2) is 0 Å². The number of amides is 1. The molecule has 2 aromatic carbocycles. The maximum absolute atomic E-state index is 12.8. The summed E-state index contributed by atoms with van der Waals surface area (Å²) >= 11 is 0. The van der Waals surface area contributed by atoms with E-state index in [-0.39, 0.29) is 17.9 Å². The number of methoxy groups -OCH3 is 1. The highest BCUT2D eigenvalue weighted by Crippen LogP contribution is 2.37. The summed E-state index contributed by atoms with van der Waals surface area (Å²) in [6.07, 6.45) is 3.49. The summed E-state index contributed by atoms with van der Waals surface area (Å²) in [7, 11) is 1.60. The molecule has 5 heteroatoms. The molecule has 0 N–H and O–H groups in total. The molecule has 1 aliphatic heterocycles. The number of esters is 1. The second-order valence-electron chi connectivity index (χ2n) is 6.51. The number of benzene rings is 2. The first-order valence-electron chi connectivity index (χ1n) is 8.89. The van der Waals surface area contributed by atoms with E-state index >= 15 is 0 Å². The third-order valence-electron chi connectivity index (χ3n) is 4.68. The lowest BCUT2D eigenvalue weighted by molar-refractivity contribution is -0.153. The molecule has 1 heterocycles. The first kappa shape index (κ1) is 18.7. The zero-order chi connectivity index (χ0) is 19.4. The fourth-order valence-corrected chi connectivity index (χ4v) is 3.37. The van der Waals surface area contributed by atoms with Crippen LogP contribution < -0.4 is 9.64 Å². The minimum absolute atomic E-state index is 0.0587. The van der Waals surface area contributed by atoms with Gasteiger partial charge >= 0.3 is 5.97 Å². The molecule has 3 rings (SSSR count). The van der Waals surface area contributed by atoms with E-state index in [4.69, 9.17) is 9.47 Å². The topological polar surface area (TPSA) is 55.8 Å². The third kappa shape index (κ3) is 4.03. The van der Waals surface area contributed by atoms with E-state index in [0.29, 0.717) is 0 Å². The molecule has 140 valence electrons. The number of carbonyl (C=O) groups excluding carboxylic acids is 2. The Labute approximate surface area is 159 Å². The van der Waals surface area contributed by atoms with Gasteiger partial charge in [0.15, 0.2) is 0 Å². The van der Waals surface area contributed by atoms with E-state index in [1.165, 1.54) is 6.92 Å². The summed E-state index contributed by atoms with van der Waals surface area (Å²) in [4.78, 5) is 25.9. The van der Waals surface area contributed by atoms with Crippen LogP contribution in [0.4, 0.5) is 5.69 Å². The van der Waals surface area contributed by atoms with Gasteiger partial charge in [-0.3, -0.25) is 9.59 Å². The van der Waals surface area contributed by atoms with Gasteiger partial charge in [0.05, 0.1) is 19.1 Å². The van der Waals surface area contributed by atoms with Crippen molar-refractivity contribution in [2.24, 2.45) is 5.92 Å². The highest BCUT2D eigenvalue weighted by Gasteiger charge is 2.50. The van der Waals surface area contributed by atoms with Gasteiger partial charge in [-0.2, -0.15) is 0 Å². The van der Waals surface area contributed by atoms with Crippen molar-refractivity contribution in [3.05, 3.63) is 66.2 Å². The molecular formula is C22H23NO4. The van der Waals surface area contributed by atoms with E-state index in [2.05, 4.69) is 0 Å². The van der Waals surface area contributed by atoms with Crippen molar-refractivity contribution in [1.82, 2.24) is 0 Å². The van der Waals surface area contributed by atoms with Gasteiger partial charge in [-0.1, -0.05) is 42.5 Å². The first-order valence-corrected chi connectivity index (χ1v) is 8.89. The van der Waals surface area contributed by atoms with E-state index in [0.717, 1.165) is 17.0 Å². The second kappa shape index (κ2) is 8.08. The molecule has 27 heavy (non-hydrogen) atoms. The number of hydrogen-bond donors (Lipinski definition) is 0. The molecule has 0 aliphatic carbocycles. The zero-order valence-electron chi connectivity index (χ0n) is 15.7. The standard InChI is InChI=1S/C22H23NO4/c1-15(27-16(2)24)21-20(14-9-17-7-5-4-6-8-17)23(22(21)25)18-10-12-19(26-3)13-11-18/h4-15,20-21H,1-3H3/b14-9+/t15-,20+,21+/m1/s1. The van der Waals surface area contributed by atoms with Crippen molar-refractivity contribution in [2.75, 3.05) is 12.0 Å². The molecule has 0 aromatic heterocycles. The van der Waals surface area contributed by atoms with Crippen molar-refractivity contribution in [3.63, 3.8) is 0 Å². The number of nitrogens with zero attached hydrogens (tertiary/aromatic N) is 1. The molecule has 0 radical (unpaired) electrons. The summed E-state index contributed by atoms with van der Waals surface area (Å²) in [6, 6.07) is 17.0. The first-order chi connectivity index (χ1) is 13.0. The fraction of sp³-hybridized carbons (Fsp3) is 0.273. The molecule has 1 aliphatic rings. The number of ether oxygens (including phenoxy) is 2. The number of hydrogen-bond acceptors (Lipinski definition) is 4. The molecule has 2 aromatic rings. The molecule has 1 fully saturated rings. The second-order valence-corrected chi connectivity index (χ2v) is 6.51. The smallest absolute Gasteiger partial charge is 0.302 e. The van der Waals surface area contributed by atoms with Gasteiger partial charge in [0.25, 0.3) is 0 Å². The minimum atomic E-state index is -0.491. The highest BCUT2D eigenvalue weighted by molar-refractivity contribution is 6.04. The van der Waals surface area contributed by atoms with Crippen LogP contribution in [0.15, 0.2) is 60.7 Å². The van der Waals surface area contributed by atoms with E-state index < -0.39 is 12.0 Å². The van der Waals surface area contributed by atoms with Crippen molar-refractivity contribution in [1.29, 1.82) is 0 Å². The highest BCUT2D eigenvalue weighted by atomic mass is 16.5. The Kier molecular flexibility index (Phi) is 5.60. The quantitative estimate of drug-likeness (QED) is 0.579. The van der Waals surface area contributed by atoms with E-state index in [1.54, 1.807) is 18.9 Å². The van der Waals surface area contributed by atoms with Crippen LogP contribution >= 0.6 is 0 Å². The molecule has 1 amide bonds. The molecule has 0 spiro atoms. The predicted molar refractivity (Wildman–Crippen MR) is 104 cm³/mol. The lowest BCUT2D eigenvalue weighted by Crippen LogP contribution is -2.64. The van der Waals surface area contributed by atoms with Gasteiger partial charge in [0.1, 0.15) is 11.9 Å². The summed E-state index contributed by atoms with van der Waals surface area (Å²) < 4.78 is 10.5. The zero-order valence-corrected chi connectivity index (χ0v) is 15.7. The van der Waals surface area contributed by atoms with Crippen LogP contribution in [-0.4, -0.2) is 31.1 Å². The number of carbonyl (C=O) groups is 2. The van der Waals surface area contributed by atoms with Gasteiger partial charge < -0.3 is 14.4 Å². The number of anilines is 1. The van der Waals surface area contributed by atoms with Gasteiger partial charge in [0.2, 0.25) is 5.91 Å². The van der Waals surface area contributed by atoms with E-state index in [1.807, 2.05) is 66.7 Å². The summed E-state index contributed by atoms with van der Waals surface area (Å²) in [5, 5.41) is 0. The number of β-lactam (4-membered cyclic amide) rings is 1. The van der Waals surface area contributed by atoms with Crippen LogP contribution in [0.25, 0.3) is 6.08 Å². The normalized spacial score (nSPS) is 20.3. The Morgan fingerprint density at radius 1 is 1.11 bits per heavy atom. The van der Waals surface area contributed by atoms with Gasteiger partial charge in [-0.05, 0) is 36.8 Å². The fourth-order valence-electron chi connectivity index (χ4n) is 3.37. The molecular weight excluding hydrogens is 342 g/mol. The van der Waals surface area contributed by atoms with Crippen molar-refractivity contribution >= 4 is 23.6 Å². The maximum atomic E-state index is 12.8. The molecule has 5 nitrogen and oxygen atoms in total. The SMILES string of the molecule is COc1ccc(N2C(=O)[C@@H]([C@@H](C)OC(C)=O)[C@@H]2/C=C/c2ccccc2)cc1. The monoisotopic (exact) mass is 365 g/mol. The number of rotatable bonds is 6. The van der Waals surface area contributed by atoms with Crippen molar-refractivity contribution in [3.8, 4) is 5.75 Å². The Morgan fingerprint density at radius 3 is 2.37 bits per heavy atom. The van der Waals surface area contributed by atoms with Crippen LogP contribution in [0.2, 0.25) is 0 Å². The summed E-state index contributed by atoms with van der Waals surface area (Å²) in [5.74, 6) is -0.121. The Morgan fingerprint density at radius 2 is 1.78 bits per heavy atom. The molecule has 0 bridgehead atoms. The van der Waals surface area contributed by atoms with E-state index in [9.17, 15) is 9.59 Å². The summed E-state index contributed by atoms with van der Waals surface area (Å²) in [6.45, 7) is 3.12. The van der Waals surface area contributed by atoms with Crippen LogP contribution in [0.5, 0.6) is 5.75 Å². The lowest BCUT2D eigenvalue weighted by atomic mass is 9.82. The Balaban J connectivity index is 1.87. The predicted octanol–water partition coefficient (Wildman–Crippen LogP) is 3.69. The van der Waals surface area contributed by atoms with Crippen LogP contribution in [0.1, 0.15) is 19.4 Å². The molecule has 0 saturated carbocycles. The Bertz CT molecular complexity index is 829. The average molecular weight is 365 g/mol. The third-order valence-corrected chi connectivity index (χ3v) is 4.68.